The predicted octanol–water partition coefficient (Wildman–Crippen LogP) is 3.18. The summed E-state index contributed by atoms with van der Waals surface area (Å²) in [6.45, 7) is 0.319. The number of amides is 1. The molecule has 0 saturated carbocycles. The van der Waals surface area contributed by atoms with E-state index >= 15 is 0 Å². The third kappa shape index (κ3) is 2.91. The molecule has 1 aliphatic rings. The van der Waals surface area contributed by atoms with Crippen molar-refractivity contribution < 1.29 is 13.9 Å². The summed E-state index contributed by atoms with van der Waals surface area (Å²) in [5.74, 6) is -0.378. The van der Waals surface area contributed by atoms with Gasteiger partial charge in [0, 0.05) is 9.81 Å². The molecule has 0 unspecified atom stereocenters. The third-order valence-corrected chi connectivity index (χ3v) is 3.44. The van der Waals surface area contributed by atoms with Gasteiger partial charge in [0.25, 0.3) is 0 Å². The van der Waals surface area contributed by atoms with E-state index in [1.807, 2.05) is 0 Å². The lowest BCUT2D eigenvalue weighted by molar-refractivity contribution is 0.145. The standard InChI is InChI=1S/C11H11FN4O2S/c1-19-10-3-2-7(4-9(10)12)16-6-8(5-14-15-13)18-11(16)17/h2-4,8H,5-6H2,1H3/t8-/m0/s1. The van der Waals surface area contributed by atoms with E-state index in [1.54, 1.807) is 18.4 Å². The van der Waals surface area contributed by atoms with Gasteiger partial charge in [-0.15, -0.1) is 11.8 Å². The molecule has 0 radical (unpaired) electrons. The number of azide groups is 1. The lowest BCUT2D eigenvalue weighted by Gasteiger charge is -2.13. The molecule has 0 aliphatic carbocycles. The Bertz CT molecular complexity index is 547. The molecule has 8 heteroatoms. The Balaban J connectivity index is 2.16. The fourth-order valence-electron chi connectivity index (χ4n) is 1.78. The Hall–Kier alpha value is -1.92. The number of carbonyl (C=O) groups is 1. The molecule has 0 spiro atoms. The van der Waals surface area contributed by atoms with Crippen molar-refractivity contribution in [2.45, 2.75) is 11.0 Å². The van der Waals surface area contributed by atoms with Crippen molar-refractivity contribution in [2.24, 2.45) is 5.11 Å². The molecule has 0 N–H and O–H groups in total. The van der Waals surface area contributed by atoms with Gasteiger partial charge in [-0.25, -0.2) is 9.18 Å². The van der Waals surface area contributed by atoms with Gasteiger partial charge in [0.05, 0.1) is 18.8 Å². The van der Waals surface area contributed by atoms with Crippen LogP contribution in [0.1, 0.15) is 0 Å². The SMILES string of the molecule is CSc1ccc(N2C[C@H](CN=[N+]=[N-])OC2=O)cc1F. The van der Waals surface area contributed by atoms with Gasteiger partial charge >= 0.3 is 6.09 Å². The summed E-state index contributed by atoms with van der Waals surface area (Å²) in [4.78, 5) is 16.1. The summed E-state index contributed by atoms with van der Waals surface area (Å²) >= 11 is 1.29. The third-order valence-electron chi connectivity index (χ3n) is 2.67. The summed E-state index contributed by atoms with van der Waals surface area (Å²) < 4.78 is 18.7. The predicted molar refractivity (Wildman–Crippen MR) is 69.8 cm³/mol. The number of thioether (sulfide) groups is 1. The van der Waals surface area contributed by atoms with Gasteiger partial charge in [0.15, 0.2) is 0 Å². The molecule has 100 valence electrons. The van der Waals surface area contributed by atoms with Gasteiger partial charge in [-0.2, -0.15) is 0 Å². The van der Waals surface area contributed by atoms with Gasteiger partial charge < -0.3 is 4.74 Å². The molecular weight excluding hydrogens is 271 g/mol. The molecule has 19 heavy (non-hydrogen) atoms. The van der Waals surface area contributed by atoms with Gasteiger partial charge in [0.2, 0.25) is 0 Å². The van der Waals surface area contributed by atoms with Crippen LogP contribution in [0.3, 0.4) is 0 Å². The first-order valence-corrected chi connectivity index (χ1v) is 6.70. The number of anilines is 1. The number of cyclic esters (lactones) is 1. The monoisotopic (exact) mass is 282 g/mol. The number of ether oxygens (including phenoxy) is 1. The quantitative estimate of drug-likeness (QED) is 0.368. The van der Waals surface area contributed by atoms with E-state index in [4.69, 9.17) is 10.3 Å². The molecule has 1 aromatic rings. The maximum atomic E-state index is 13.7. The highest BCUT2D eigenvalue weighted by molar-refractivity contribution is 7.98. The second-order valence-corrected chi connectivity index (χ2v) is 4.70. The van der Waals surface area contributed by atoms with E-state index in [0.29, 0.717) is 10.6 Å². The average molecular weight is 282 g/mol. The second-order valence-electron chi connectivity index (χ2n) is 3.85. The number of rotatable bonds is 4. The van der Waals surface area contributed by atoms with Crippen LogP contribution in [0.2, 0.25) is 0 Å². The van der Waals surface area contributed by atoms with Crippen LogP contribution in [-0.2, 0) is 4.74 Å². The minimum absolute atomic E-state index is 0.0735. The van der Waals surface area contributed by atoms with Gasteiger partial charge in [-0.1, -0.05) is 5.11 Å². The molecule has 1 amide bonds. The van der Waals surface area contributed by atoms with E-state index in [1.165, 1.54) is 22.7 Å². The zero-order valence-corrected chi connectivity index (χ0v) is 10.9. The maximum absolute atomic E-state index is 13.7. The molecule has 0 aromatic heterocycles. The van der Waals surface area contributed by atoms with Crippen LogP contribution in [0.25, 0.3) is 10.4 Å². The van der Waals surface area contributed by atoms with E-state index in [0.717, 1.165) is 0 Å². The Morgan fingerprint density at radius 3 is 3.11 bits per heavy atom. The van der Waals surface area contributed by atoms with Crippen LogP contribution in [0.5, 0.6) is 0 Å². The Morgan fingerprint density at radius 2 is 2.47 bits per heavy atom. The van der Waals surface area contributed by atoms with E-state index in [9.17, 15) is 9.18 Å². The normalized spacial score (nSPS) is 18.1. The molecule has 1 fully saturated rings. The fourth-order valence-corrected chi connectivity index (χ4v) is 2.24. The van der Waals surface area contributed by atoms with Crippen molar-refractivity contribution in [1.82, 2.24) is 0 Å². The average Bonchev–Trinajstić information content (AvgIpc) is 2.77. The van der Waals surface area contributed by atoms with Crippen LogP contribution < -0.4 is 4.90 Å². The lowest BCUT2D eigenvalue weighted by Crippen LogP contribution is -2.25. The smallest absolute Gasteiger partial charge is 0.414 e. The van der Waals surface area contributed by atoms with Crippen LogP contribution >= 0.6 is 11.8 Å². The lowest BCUT2D eigenvalue weighted by atomic mass is 10.2. The van der Waals surface area contributed by atoms with Crippen molar-refractivity contribution in [3.8, 4) is 0 Å². The first kappa shape index (κ1) is 13.5. The molecule has 1 atom stereocenters. The number of benzene rings is 1. The Labute approximate surface area is 113 Å². The molecule has 1 saturated heterocycles. The first-order chi connectivity index (χ1) is 9.15. The maximum Gasteiger partial charge on any atom is 0.414 e. The summed E-state index contributed by atoms with van der Waals surface area (Å²) in [6.07, 6.45) is 0.721. The Kier molecular flexibility index (Phi) is 4.13. The molecule has 0 bridgehead atoms. The fraction of sp³-hybridized carbons (Fsp3) is 0.364. The largest absolute Gasteiger partial charge is 0.444 e. The molecule has 2 rings (SSSR count). The van der Waals surface area contributed by atoms with Crippen molar-refractivity contribution in [1.29, 1.82) is 0 Å². The summed E-state index contributed by atoms with van der Waals surface area (Å²) in [6, 6.07) is 4.57. The topological polar surface area (TPSA) is 78.3 Å². The van der Waals surface area contributed by atoms with Gasteiger partial charge in [-0.3, -0.25) is 4.90 Å². The van der Waals surface area contributed by atoms with Crippen molar-refractivity contribution >= 4 is 23.5 Å². The molecule has 6 nitrogen and oxygen atoms in total. The summed E-state index contributed by atoms with van der Waals surface area (Å²) in [7, 11) is 0. The molecule has 1 aliphatic heterocycles. The van der Waals surface area contributed by atoms with E-state index in [2.05, 4.69) is 10.0 Å². The molecular formula is C11H11FN4O2S. The number of hydrogen-bond acceptors (Lipinski definition) is 4. The van der Waals surface area contributed by atoms with Gasteiger partial charge in [0.1, 0.15) is 11.9 Å². The van der Waals surface area contributed by atoms with Crippen LogP contribution in [0.15, 0.2) is 28.2 Å². The van der Waals surface area contributed by atoms with Crippen LogP contribution in [-0.4, -0.2) is 31.5 Å². The van der Waals surface area contributed by atoms with E-state index < -0.39 is 12.2 Å². The molecule has 1 aromatic carbocycles. The summed E-state index contributed by atoms with van der Waals surface area (Å²) in [5, 5.41) is 3.36. The van der Waals surface area contributed by atoms with Crippen LogP contribution in [0.4, 0.5) is 14.9 Å². The zero-order valence-electron chi connectivity index (χ0n) is 10.1. The highest BCUT2D eigenvalue weighted by Gasteiger charge is 2.32. The summed E-state index contributed by atoms with van der Waals surface area (Å²) in [5.41, 5.74) is 8.66. The van der Waals surface area contributed by atoms with Crippen molar-refractivity contribution in [3.63, 3.8) is 0 Å². The highest BCUT2D eigenvalue weighted by Crippen LogP contribution is 2.27. The van der Waals surface area contributed by atoms with Crippen molar-refractivity contribution in [2.75, 3.05) is 24.2 Å². The van der Waals surface area contributed by atoms with Crippen LogP contribution in [0, 0.1) is 5.82 Å². The highest BCUT2D eigenvalue weighted by atomic mass is 32.2. The second kappa shape index (κ2) is 5.81. The zero-order chi connectivity index (χ0) is 13.8. The number of carbonyl (C=O) groups excluding carboxylic acids is 1. The number of hydrogen-bond donors (Lipinski definition) is 0. The minimum Gasteiger partial charge on any atom is -0.444 e. The van der Waals surface area contributed by atoms with Gasteiger partial charge in [-0.05, 0) is 30.0 Å². The van der Waals surface area contributed by atoms with E-state index in [-0.39, 0.29) is 18.9 Å². The van der Waals surface area contributed by atoms with Crippen molar-refractivity contribution in [3.05, 3.63) is 34.5 Å². The Morgan fingerprint density at radius 1 is 1.68 bits per heavy atom. The number of halogens is 1. The molecule has 1 heterocycles. The minimum atomic E-state index is -0.561. The number of nitrogens with zero attached hydrogens (tertiary/aromatic N) is 4. The first-order valence-electron chi connectivity index (χ1n) is 5.48.